The third kappa shape index (κ3) is 4.22. The Labute approximate surface area is 181 Å². The Kier molecular flexibility index (Phi) is 6.10. The molecule has 1 aliphatic rings. The summed E-state index contributed by atoms with van der Waals surface area (Å²) in [5.74, 6) is -0.269. The van der Waals surface area contributed by atoms with E-state index in [1.54, 1.807) is 22.4 Å². The van der Waals surface area contributed by atoms with Gasteiger partial charge in [0.2, 0.25) is 5.91 Å². The summed E-state index contributed by atoms with van der Waals surface area (Å²) in [6.07, 6.45) is 2.37. The third-order valence-corrected chi connectivity index (χ3v) is 6.59. The molecule has 1 unspecified atom stereocenters. The zero-order valence-electron chi connectivity index (χ0n) is 16.3. The normalized spacial score (nSPS) is 16.3. The van der Waals surface area contributed by atoms with Crippen LogP contribution in [0, 0.1) is 5.82 Å². The van der Waals surface area contributed by atoms with Gasteiger partial charge in [-0.15, -0.1) is 22.7 Å². The Hall–Kier alpha value is -2.78. The second kappa shape index (κ2) is 8.93. The SMILES string of the molecule is COc1ccc(F)cc1-c1csc(NC(=O)C2CCCCN2C(=O)c2cccs2)n1. The van der Waals surface area contributed by atoms with E-state index in [9.17, 15) is 14.0 Å². The smallest absolute Gasteiger partial charge is 0.264 e. The van der Waals surface area contributed by atoms with E-state index in [2.05, 4.69) is 10.3 Å². The maximum atomic E-state index is 13.7. The van der Waals surface area contributed by atoms with Crippen LogP contribution in [0.2, 0.25) is 0 Å². The number of thiophene rings is 1. The molecule has 0 spiro atoms. The molecule has 6 nitrogen and oxygen atoms in total. The lowest BCUT2D eigenvalue weighted by Crippen LogP contribution is -2.49. The molecule has 30 heavy (non-hydrogen) atoms. The van der Waals surface area contributed by atoms with E-state index >= 15 is 0 Å². The molecule has 1 N–H and O–H groups in total. The van der Waals surface area contributed by atoms with E-state index in [1.165, 1.54) is 41.9 Å². The van der Waals surface area contributed by atoms with Gasteiger partial charge in [-0.3, -0.25) is 9.59 Å². The summed E-state index contributed by atoms with van der Waals surface area (Å²) in [4.78, 5) is 32.5. The zero-order valence-corrected chi connectivity index (χ0v) is 17.9. The molecule has 2 amide bonds. The number of benzene rings is 1. The number of rotatable bonds is 5. The highest BCUT2D eigenvalue weighted by Gasteiger charge is 2.33. The fraction of sp³-hybridized carbons (Fsp3) is 0.286. The van der Waals surface area contributed by atoms with Crippen LogP contribution >= 0.6 is 22.7 Å². The van der Waals surface area contributed by atoms with Crippen LogP contribution in [0.25, 0.3) is 11.3 Å². The molecule has 0 radical (unpaired) electrons. The zero-order chi connectivity index (χ0) is 21.1. The van der Waals surface area contributed by atoms with E-state index in [0.29, 0.717) is 40.0 Å². The summed E-state index contributed by atoms with van der Waals surface area (Å²) < 4.78 is 19.0. The van der Waals surface area contributed by atoms with Crippen molar-refractivity contribution in [1.82, 2.24) is 9.88 Å². The van der Waals surface area contributed by atoms with Crippen LogP contribution in [-0.2, 0) is 4.79 Å². The standard InChI is InChI=1S/C21H20FN3O3S2/c1-28-17-8-7-13(22)11-14(17)15-12-30-21(23-15)24-19(26)16-5-2-3-9-25(16)20(27)18-6-4-10-29-18/h4,6-8,10-12,16H,2-3,5,9H2,1H3,(H,23,24,26). The summed E-state index contributed by atoms with van der Waals surface area (Å²) in [7, 11) is 1.51. The number of amides is 2. The van der Waals surface area contributed by atoms with Gasteiger partial charge < -0.3 is 15.0 Å². The van der Waals surface area contributed by atoms with Crippen molar-refractivity contribution >= 4 is 39.6 Å². The second-order valence-electron chi connectivity index (χ2n) is 6.86. The van der Waals surface area contributed by atoms with Gasteiger partial charge in [0.25, 0.3) is 5.91 Å². The maximum absolute atomic E-state index is 13.7. The minimum atomic E-state index is -0.538. The van der Waals surface area contributed by atoms with Gasteiger partial charge in [-0.1, -0.05) is 6.07 Å². The van der Waals surface area contributed by atoms with Crippen LogP contribution in [0.5, 0.6) is 5.75 Å². The Morgan fingerprint density at radius 2 is 2.13 bits per heavy atom. The van der Waals surface area contributed by atoms with E-state index < -0.39 is 11.9 Å². The summed E-state index contributed by atoms with van der Waals surface area (Å²) in [5, 5.41) is 6.82. The van der Waals surface area contributed by atoms with Gasteiger partial charge in [0.1, 0.15) is 17.6 Å². The fourth-order valence-electron chi connectivity index (χ4n) is 3.51. The number of ether oxygens (including phenoxy) is 1. The van der Waals surface area contributed by atoms with E-state index in [4.69, 9.17) is 4.74 Å². The minimum absolute atomic E-state index is 0.117. The lowest BCUT2D eigenvalue weighted by Gasteiger charge is -2.34. The minimum Gasteiger partial charge on any atom is -0.496 e. The molecule has 3 aromatic rings. The first-order valence-corrected chi connectivity index (χ1v) is 11.3. The number of carbonyl (C=O) groups excluding carboxylic acids is 2. The van der Waals surface area contributed by atoms with Crippen molar-refractivity contribution in [3.8, 4) is 17.0 Å². The maximum Gasteiger partial charge on any atom is 0.264 e. The van der Waals surface area contributed by atoms with E-state index in [1.807, 2.05) is 11.4 Å². The number of nitrogens with one attached hydrogen (secondary N) is 1. The van der Waals surface area contributed by atoms with E-state index in [0.717, 1.165) is 12.8 Å². The van der Waals surface area contributed by atoms with Crippen molar-refractivity contribution in [2.75, 3.05) is 19.0 Å². The van der Waals surface area contributed by atoms with Gasteiger partial charge in [0.15, 0.2) is 5.13 Å². The average Bonchev–Trinajstić information content (AvgIpc) is 3.45. The molecule has 9 heteroatoms. The predicted octanol–water partition coefficient (Wildman–Crippen LogP) is 4.65. The summed E-state index contributed by atoms with van der Waals surface area (Å²) in [6, 6.07) is 7.27. The number of thiazole rings is 1. The molecule has 4 rings (SSSR count). The van der Waals surface area contributed by atoms with Gasteiger partial charge in [-0.25, -0.2) is 9.37 Å². The van der Waals surface area contributed by atoms with Crippen LogP contribution in [-0.4, -0.2) is 41.4 Å². The number of piperidine rings is 1. The van der Waals surface area contributed by atoms with Crippen molar-refractivity contribution in [3.63, 3.8) is 0 Å². The lowest BCUT2D eigenvalue weighted by atomic mass is 10.0. The number of hydrogen-bond donors (Lipinski definition) is 1. The molecular formula is C21H20FN3O3S2. The van der Waals surface area contributed by atoms with Crippen LogP contribution < -0.4 is 10.1 Å². The third-order valence-electron chi connectivity index (χ3n) is 4.97. The highest BCUT2D eigenvalue weighted by Crippen LogP contribution is 2.33. The molecule has 1 aliphatic heterocycles. The number of aromatic nitrogens is 1. The first-order chi connectivity index (χ1) is 14.6. The molecule has 1 fully saturated rings. The van der Waals surface area contributed by atoms with Gasteiger partial charge >= 0.3 is 0 Å². The van der Waals surface area contributed by atoms with Gasteiger partial charge in [-0.2, -0.15) is 0 Å². The number of carbonyl (C=O) groups is 2. The van der Waals surface area contributed by atoms with Crippen molar-refractivity contribution in [2.45, 2.75) is 25.3 Å². The highest BCUT2D eigenvalue weighted by atomic mass is 32.1. The first kappa shape index (κ1) is 20.5. The van der Waals surface area contributed by atoms with Crippen molar-refractivity contribution in [1.29, 1.82) is 0 Å². The molecule has 156 valence electrons. The van der Waals surface area contributed by atoms with E-state index in [-0.39, 0.29) is 11.8 Å². The monoisotopic (exact) mass is 445 g/mol. The van der Waals surface area contributed by atoms with Crippen LogP contribution in [0.4, 0.5) is 9.52 Å². The van der Waals surface area contributed by atoms with Crippen molar-refractivity contribution in [2.24, 2.45) is 0 Å². The van der Waals surface area contributed by atoms with Crippen LogP contribution in [0.3, 0.4) is 0 Å². The quantitative estimate of drug-likeness (QED) is 0.620. The number of likely N-dealkylation sites (tertiary alicyclic amines) is 1. The Balaban J connectivity index is 1.51. The number of methoxy groups -OCH3 is 1. The molecule has 0 aliphatic carbocycles. The molecule has 1 saturated heterocycles. The van der Waals surface area contributed by atoms with Crippen LogP contribution in [0.15, 0.2) is 41.1 Å². The second-order valence-corrected chi connectivity index (χ2v) is 8.66. The Morgan fingerprint density at radius 3 is 2.90 bits per heavy atom. The van der Waals surface area contributed by atoms with Gasteiger partial charge in [0, 0.05) is 17.5 Å². The van der Waals surface area contributed by atoms with Crippen molar-refractivity contribution in [3.05, 3.63) is 51.8 Å². The average molecular weight is 446 g/mol. The lowest BCUT2D eigenvalue weighted by molar-refractivity contribution is -0.121. The molecular weight excluding hydrogens is 425 g/mol. The number of anilines is 1. The predicted molar refractivity (Wildman–Crippen MR) is 116 cm³/mol. The molecule has 0 saturated carbocycles. The van der Waals surface area contributed by atoms with Gasteiger partial charge in [0.05, 0.1) is 17.7 Å². The largest absolute Gasteiger partial charge is 0.496 e. The molecule has 1 atom stereocenters. The molecule has 0 bridgehead atoms. The number of hydrogen-bond acceptors (Lipinski definition) is 6. The molecule has 1 aromatic carbocycles. The highest BCUT2D eigenvalue weighted by molar-refractivity contribution is 7.14. The van der Waals surface area contributed by atoms with Crippen LogP contribution in [0.1, 0.15) is 28.9 Å². The summed E-state index contributed by atoms with van der Waals surface area (Å²) >= 11 is 2.62. The number of nitrogens with zero attached hydrogens (tertiary/aromatic N) is 2. The Morgan fingerprint density at radius 1 is 1.27 bits per heavy atom. The summed E-state index contributed by atoms with van der Waals surface area (Å²) in [6.45, 7) is 0.554. The van der Waals surface area contributed by atoms with Gasteiger partial charge in [-0.05, 0) is 48.9 Å². The fourth-order valence-corrected chi connectivity index (χ4v) is 4.91. The molecule has 2 aromatic heterocycles. The Bertz CT molecular complexity index is 1050. The first-order valence-electron chi connectivity index (χ1n) is 9.51. The summed E-state index contributed by atoms with van der Waals surface area (Å²) in [5.41, 5.74) is 1.03. The number of halogens is 1. The topological polar surface area (TPSA) is 71.5 Å². The molecule has 3 heterocycles. The van der Waals surface area contributed by atoms with Crippen molar-refractivity contribution < 1.29 is 18.7 Å².